The van der Waals surface area contributed by atoms with Crippen LogP contribution < -0.4 is 15.4 Å². The van der Waals surface area contributed by atoms with Gasteiger partial charge in [-0.2, -0.15) is 14.8 Å². The number of nitrogens with one attached hydrogen (secondary N) is 2. The molecule has 144 valence electrons. The van der Waals surface area contributed by atoms with Crippen LogP contribution in [0.1, 0.15) is 25.0 Å². The molecular weight excluding hydrogens is 360 g/mol. The molecule has 1 aliphatic heterocycles. The van der Waals surface area contributed by atoms with E-state index in [2.05, 4.69) is 25.7 Å². The lowest BCUT2D eigenvalue weighted by Crippen LogP contribution is -2.29. The Kier molecular flexibility index (Phi) is 4.64. The molecule has 1 aliphatic carbocycles. The molecule has 1 saturated carbocycles. The number of urea groups is 1. The molecule has 0 radical (unpaired) electrons. The van der Waals surface area contributed by atoms with Crippen LogP contribution >= 0.6 is 0 Å². The van der Waals surface area contributed by atoms with Gasteiger partial charge in [0.05, 0.1) is 18.7 Å². The second kappa shape index (κ2) is 7.26. The summed E-state index contributed by atoms with van der Waals surface area (Å²) >= 11 is 0. The Bertz CT molecular complexity index is 1010. The van der Waals surface area contributed by atoms with Crippen LogP contribution in [0.25, 0.3) is 0 Å². The third-order valence-electron chi connectivity index (χ3n) is 4.67. The van der Waals surface area contributed by atoms with Crippen molar-refractivity contribution >= 4 is 35.1 Å². The molecule has 0 saturated heterocycles. The van der Waals surface area contributed by atoms with E-state index < -0.39 is 6.03 Å². The third kappa shape index (κ3) is 3.51. The minimum absolute atomic E-state index is 0.183. The first kappa shape index (κ1) is 17.9. The molecule has 2 N–H and O–H groups in total. The zero-order valence-electron chi connectivity index (χ0n) is 15.6. The van der Waals surface area contributed by atoms with E-state index in [0.29, 0.717) is 22.9 Å². The van der Waals surface area contributed by atoms with Gasteiger partial charge in [-0.1, -0.05) is 6.07 Å². The Balaban J connectivity index is 1.55. The maximum atomic E-state index is 12.4. The fourth-order valence-electron chi connectivity index (χ4n) is 3.37. The van der Waals surface area contributed by atoms with E-state index in [9.17, 15) is 9.59 Å². The third-order valence-corrected chi connectivity index (χ3v) is 4.67. The van der Waals surface area contributed by atoms with E-state index in [1.807, 2.05) is 0 Å². The molecule has 28 heavy (non-hydrogen) atoms. The van der Waals surface area contributed by atoms with Crippen molar-refractivity contribution in [1.29, 1.82) is 0 Å². The van der Waals surface area contributed by atoms with Gasteiger partial charge in [-0.3, -0.25) is 10.1 Å². The summed E-state index contributed by atoms with van der Waals surface area (Å²) in [6, 6.07) is 8.26. The molecule has 0 spiro atoms. The summed E-state index contributed by atoms with van der Waals surface area (Å²) in [6.07, 6.45) is 2.51. The monoisotopic (exact) mass is 380 g/mol. The molecule has 4 rings (SSSR count). The average Bonchev–Trinajstić information content (AvgIpc) is 3.28. The van der Waals surface area contributed by atoms with Crippen molar-refractivity contribution in [3.63, 3.8) is 0 Å². The summed E-state index contributed by atoms with van der Waals surface area (Å²) in [5.41, 5.74) is 2.09. The number of carbonyl (C=O) groups excluding carboxylic acids is 2. The number of anilines is 2. The number of benzene rings is 1. The molecule has 9 heteroatoms. The van der Waals surface area contributed by atoms with Gasteiger partial charge in [0.15, 0.2) is 0 Å². The SMILES string of the molecule is COc1cccc(NC(=O)Nc2cc(C)nn2C2=NC(=O)C3CCCC3=N2)c1. The molecule has 0 bridgehead atoms. The highest BCUT2D eigenvalue weighted by Crippen LogP contribution is 2.27. The predicted molar refractivity (Wildman–Crippen MR) is 105 cm³/mol. The van der Waals surface area contributed by atoms with Gasteiger partial charge in [0, 0.05) is 23.5 Å². The Morgan fingerprint density at radius 3 is 2.93 bits per heavy atom. The Labute approximate surface area is 161 Å². The Hall–Kier alpha value is -3.49. The molecule has 9 nitrogen and oxygen atoms in total. The number of amides is 3. The standard InChI is InChI=1S/C19H20N6O3/c1-11-9-16(22-19(27)20-12-5-3-6-13(10-12)28-2)25(24-11)18-21-15-8-4-7-14(15)17(26)23-18/h3,5-6,9-10,14H,4,7-8H2,1-2H3,(H2,20,22,27). The Morgan fingerprint density at radius 1 is 1.25 bits per heavy atom. The van der Waals surface area contributed by atoms with Gasteiger partial charge in [0.1, 0.15) is 11.6 Å². The van der Waals surface area contributed by atoms with Crippen LogP contribution in [-0.4, -0.2) is 40.5 Å². The van der Waals surface area contributed by atoms with Crippen LogP contribution in [0.15, 0.2) is 40.3 Å². The number of hydrogen-bond acceptors (Lipinski definition) is 5. The summed E-state index contributed by atoms with van der Waals surface area (Å²) in [5, 5.41) is 9.81. The predicted octanol–water partition coefficient (Wildman–Crippen LogP) is 2.83. The highest BCUT2D eigenvalue weighted by atomic mass is 16.5. The molecule has 1 aromatic heterocycles. The number of aliphatic imine (C=N–C) groups is 2. The quantitative estimate of drug-likeness (QED) is 0.853. The number of rotatable bonds is 3. The first-order valence-electron chi connectivity index (χ1n) is 9.02. The van der Waals surface area contributed by atoms with E-state index in [-0.39, 0.29) is 17.8 Å². The summed E-state index contributed by atoms with van der Waals surface area (Å²) in [5.74, 6) is 0.800. The number of carbonyl (C=O) groups is 2. The van der Waals surface area contributed by atoms with Crippen molar-refractivity contribution < 1.29 is 14.3 Å². The molecule has 2 aromatic rings. The summed E-state index contributed by atoms with van der Waals surface area (Å²) in [4.78, 5) is 33.3. The zero-order valence-corrected chi connectivity index (χ0v) is 15.6. The fourth-order valence-corrected chi connectivity index (χ4v) is 3.37. The Morgan fingerprint density at radius 2 is 2.11 bits per heavy atom. The topological polar surface area (TPSA) is 110 Å². The largest absolute Gasteiger partial charge is 0.497 e. The lowest BCUT2D eigenvalue weighted by Gasteiger charge is -2.15. The number of aromatic nitrogens is 2. The second-order valence-corrected chi connectivity index (χ2v) is 6.69. The number of methoxy groups -OCH3 is 1. The maximum Gasteiger partial charge on any atom is 0.324 e. The minimum atomic E-state index is -0.455. The molecule has 2 aliphatic rings. The van der Waals surface area contributed by atoms with E-state index in [4.69, 9.17) is 4.74 Å². The van der Waals surface area contributed by atoms with Crippen LogP contribution in [0.3, 0.4) is 0 Å². The van der Waals surface area contributed by atoms with Crippen LogP contribution in [0.4, 0.5) is 16.3 Å². The average molecular weight is 380 g/mol. The van der Waals surface area contributed by atoms with Crippen molar-refractivity contribution in [1.82, 2.24) is 9.78 Å². The van der Waals surface area contributed by atoms with E-state index in [1.54, 1.807) is 44.4 Å². The van der Waals surface area contributed by atoms with Gasteiger partial charge in [-0.05, 0) is 38.3 Å². The molecule has 1 atom stereocenters. The molecule has 1 unspecified atom stereocenters. The second-order valence-electron chi connectivity index (χ2n) is 6.69. The first-order chi connectivity index (χ1) is 13.5. The van der Waals surface area contributed by atoms with Crippen molar-refractivity contribution in [3.8, 4) is 5.75 Å². The van der Waals surface area contributed by atoms with E-state index in [1.165, 1.54) is 4.68 Å². The molecule has 1 aromatic carbocycles. The van der Waals surface area contributed by atoms with E-state index >= 15 is 0 Å². The van der Waals surface area contributed by atoms with Crippen molar-refractivity contribution in [2.45, 2.75) is 26.2 Å². The van der Waals surface area contributed by atoms with Gasteiger partial charge < -0.3 is 10.1 Å². The normalized spacial score (nSPS) is 18.2. The van der Waals surface area contributed by atoms with Crippen LogP contribution in [-0.2, 0) is 4.79 Å². The first-order valence-corrected chi connectivity index (χ1v) is 9.02. The van der Waals surface area contributed by atoms with Gasteiger partial charge >= 0.3 is 6.03 Å². The summed E-state index contributed by atoms with van der Waals surface area (Å²) in [7, 11) is 1.56. The lowest BCUT2D eigenvalue weighted by atomic mass is 10.1. The van der Waals surface area contributed by atoms with Crippen LogP contribution in [0, 0.1) is 12.8 Å². The van der Waals surface area contributed by atoms with Crippen LogP contribution in [0.2, 0.25) is 0 Å². The van der Waals surface area contributed by atoms with Gasteiger partial charge in [-0.15, -0.1) is 0 Å². The van der Waals surface area contributed by atoms with Crippen LogP contribution in [0.5, 0.6) is 5.75 Å². The van der Waals surface area contributed by atoms with Crippen molar-refractivity contribution in [2.24, 2.45) is 15.9 Å². The highest BCUT2D eigenvalue weighted by Gasteiger charge is 2.33. The number of ether oxygens (including phenoxy) is 1. The molecule has 1 fully saturated rings. The van der Waals surface area contributed by atoms with Gasteiger partial charge in [0.2, 0.25) is 0 Å². The fraction of sp³-hybridized carbons (Fsp3) is 0.316. The van der Waals surface area contributed by atoms with Crippen molar-refractivity contribution in [2.75, 3.05) is 17.7 Å². The highest BCUT2D eigenvalue weighted by molar-refractivity contribution is 6.17. The maximum absolute atomic E-state index is 12.4. The number of nitrogens with zero attached hydrogens (tertiary/aromatic N) is 4. The van der Waals surface area contributed by atoms with E-state index in [0.717, 1.165) is 25.0 Å². The van der Waals surface area contributed by atoms with Crippen molar-refractivity contribution in [3.05, 3.63) is 36.0 Å². The smallest absolute Gasteiger partial charge is 0.324 e. The van der Waals surface area contributed by atoms with Gasteiger partial charge in [-0.25, -0.2) is 9.79 Å². The number of aryl methyl sites for hydroxylation is 1. The summed E-state index contributed by atoms with van der Waals surface area (Å²) in [6.45, 7) is 1.79. The molecular formula is C19H20N6O3. The summed E-state index contributed by atoms with van der Waals surface area (Å²) < 4.78 is 6.54. The zero-order chi connectivity index (χ0) is 19.7. The number of fused-ring (bicyclic) bond motifs is 1. The van der Waals surface area contributed by atoms with Gasteiger partial charge in [0.25, 0.3) is 11.9 Å². The number of hydrogen-bond donors (Lipinski definition) is 2. The molecule has 2 heterocycles. The molecule has 3 amide bonds. The lowest BCUT2D eigenvalue weighted by molar-refractivity contribution is -0.119. The minimum Gasteiger partial charge on any atom is -0.497 e.